The summed E-state index contributed by atoms with van der Waals surface area (Å²) in [6.07, 6.45) is 0. The van der Waals surface area contributed by atoms with Crippen molar-refractivity contribution in [3.8, 4) is 0 Å². The fraction of sp³-hybridized carbons (Fsp3) is 0.154. The molecule has 0 radical (unpaired) electrons. The zero-order valence-electron chi connectivity index (χ0n) is 9.43. The van der Waals surface area contributed by atoms with Crippen molar-refractivity contribution in [1.29, 1.82) is 0 Å². The van der Waals surface area contributed by atoms with Gasteiger partial charge in [-0.2, -0.15) is 0 Å². The second-order valence-electron chi connectivity index (χ2n) is 3.69. The number of carboxylic acid groups (broad SMARTS) is 1. The minimum atomic E-state index is -0.899. The number of carboxylic acids is 1. The first-order valence-corrected chi connectivity index (χ1v) is 6.49. The number of halogens is 1. The summed E-state index contributed by atoms with van der Waals surface area (Å²) in [5.74, 6) is -0.899. The van der Waals surface area contributed by atoms with E-state index in [9.17, 15) is 4.79 Å². The SMILES string of the molecule is O=C(O)c1ccc(COCc2ccc(Cl)cc2)s1. The topological polar surface area (TPSA) is 46.5 Å². The molecule has 2 rings (SSSR count). The van der Waals surface area contributed by atoms with E-state index in [2.05, 4.69) is 0 Å². The van der Waals surface area contributed by atoms with Crippen LogP contribution in [0.15, 0.2) is 36.4 Å². The maximum atomic E-state index is 10.7. The number of carbonyl (C=O) groups is 1. The Hall–Kier alpha value is -1.36. The molecule has 1 N–H and O–H groups in total. The van der Waals surface area contributed by atoms with Crippen LogP contribution in [-0.4, -0.2) is 11.1 Å². The highest BCUT2D eigenvalue weighted by molar-refractivity contribution is 7.13. The molecule has 3 nitrogen and oxygen atoms in total. The number of thiophene rings is 1. The predicted octanol–water partition coefficient (Wildman–Crippen LogP) is 3.82. The van der Waals surface area contributed by atoms with Gasteiger partial charge >= 0.3 is 5.97 Å². The predicted molar refractivity (Wildman–Crippen MR) is 71.2 cm³/mol. The standard InChI is InChI=1S/C13H11ClO3S/c14-10-3-1-9(2-4-10)7-17-8-11-5-6-12(18-11)13(15)16/h1-6H,7-8H2,(H,15,16). The van der Waals surface area contributed by atoms with E-state index in [-0.39, 0.29) is 0 Å². The van der Waals surface area contributed by atoms with Gasteiger partial charge in [-0.25, -0.2) is 4.79 Å². The minimum absolute atomic E-state index is 0.333. The van der Waals surface area contributed by atoms with Crippen molar-refractivity contribution < 1.29 is 14.6 Å². The number of hydrogen-bond acceptors (Lipinski definition) is 3. The minimum Gasteiger partial charge on any atom is -0.477 e. The lowest BCUT2D eigenvalue weighted by Gasteiger charge is -2.02. The van der Waals surface area contributed by atoms with E-state index in [4.69, 9.17) is 21.4 Å². The first kappa shape index (κ1) is 13.1. The molecule has 0 amide bonds. The van der Waals surface area contributed by atoms with Gasteiger partial charge in [-0.3, -0.25) is 0 Å². The van der Waals surface area contributed by atoms with Crippen molar-refractivity contribution >= 4 is 28.9 Å². The number of benzene rings is 1. The molecule has 0 fully saturated rings. The largest absolute Gasteiger partial charge is 0.477 e. The van der Waals surface area contributed by atoms with Crippen LogP contribution < -0.4 is 0 Å². The molecular formula is C13H11ClO3S. The van der Waals surface area contributed by atoms with Gasteiger partial charge in [-0.1, -0.05) is 23.7 Å². The van der Waals surface area contributed by atoms with E-state index in [1.54, 1.807) is 12.1 Å². The molecule has 0 aliphatic carbocycles. The van der Waals surface area contributed by atoms with Crippen molar-refractivity contribution in [2.24, 2.45) is 0 Å². The third kappa shape index (κ3) is 3.57. The Labute approximate surface area is 114 Å². The molecule has 0 atom stereocenters. The van der Waals surface area contributed by atoms with Crippen molar-refractivity contribution in [1.82, 2.24) is 0 Å². The Morgan fingerprint density at radius 2 is 1.89 bits per heavy atom. The Morgan fingerprint density at radius 1 is 1.17 bits per heavy atom. The second-order valence-corrected chi connectivity index (χ2v) is 5.30. The molecular weight excluding hydrogens is 272 g/mol. The molecule has 0 aliphatic heterocycles. The first-order chi connectivity index (χ1) is 8.65. The van der Waals surface area contributed by atoms with E-state index in [1.165, 1.54) is 11.3 Å². The quantitative estimate of drug-likeness (QED) is 0.907. The first-order valence-electron chi connectivity index (χ1n) is 5.29. The molecule has 5 heteroatoms. The zero-order valence-corrected chi connectivity index (χ0v) is 11.0. The third-order valence-electron chi connectivity index (χ3n) is 2.30. The van der Waals surface area contributed by atoms with Gasteiger partial charge in [0.15, 0.2) is 0 Å². The summed E-state index contributed by atoms with van der Waals surface area (Å²) in [5.41, 5.74) is 1.04. The van der Waals surface area contributed by atoms with Crippen LogP contribution in [0.4, 0.5) is 0 Å². The van der Waals surface area contributed by atoms with Crippen LogP contribution in [0.3, 0.4) is 0 Å². The molecule has 0 spiro atoms. The number of aromatic carboxylic acids is 1. The van der Waals surface area contributed by atoms with E-state index >= 15 is 0 Å². The average Bonchev–Trinajstić information content (AvgIpc) is 2.81. The van der Waals surface area contributed by atoms with Crippen molar-refractivity contribution in [2.75, 3.05) is 0 Å². The Kier molecular flexibility index (Phi) is 4.36. The van der Waals surface area contributed by atoms with Crippen LogP contribution in [0.2, 0.25) is 5.02 Å². The van der Waals surface area contributed by atoms with Gasteiger partial charge in [-0.05, 0) is 29.8 Å². The summed E-state index contributed by atoms with van der Waals surface area (Å²) in [6, 6.07) is 10.8. The fourth-order valence-corrected chi connectivity index (χ4v) is 2.33. The van der Waals surface area contributed by atoms with Crippen LogP contribution >= 0.6 is 22.9 Å². The number of rotatable bonds is 5. The van der Waals surface area contributed by atoms with Gasteiger partial charge in [0.05, 0.1) is 13.2 Å². The number of ether oxygens (including phenoxy) is 1. The molecule has 1 aromatic carbocycles. The van der Waals surface area contributed by atoms with Crippen molar-refractivity contribution in [3.05, 3.63) is 56.7 Å². The molecule has 18 heavy (non-hydrogen) atoms. The van der Waals surface area contributed by atoms with Crippen LogP contribution in [0.1, 0.15) is 20.1 Å². The monoisotopic (exact) mass is 282 g/mol. The van der Waals surface area contributed by atoms with Crippen LogP contribution in [0.5, 0.6) is 0 Å². The Bertz CT molecular complexity index is 533. The number of hydrogen-bond donors (Lipinski definition) is 1. The van der Waals surface area contributed by atoms with Crippen LogP contribution in [0, 0.1) is 0 Å². The van der Waals surface area contributed by atoms with Gasteiger partial charge < -0.3 is 9.84 Å². The highest BCUT2D eigenvalue weighted by Crippen LogP contribution is 2.18. The summed E-state index contributed by atoms with van der Waals surface area (Å²) in [4.78, 5) is 11.9. The molecule has 0 saturated heterocycles. The average molecular weight is 283 g/mol. The summed E-state index contributed by atoms with van der Waals surface area (Å²) < 4.78 is 5.51. The molecule has 0 saturated carbocycles. The lowest BCUT2D eigenvalue weighted by Crippen LogP contribution is -1.92. The molecule has 1 heterocycles. The Morgan fingerprint density at radius 3 is 2.50 bits per heavy atom. The molecule has 0 unspecified atom stereocenters. The van der Waals surface area contributed by atoms with E-state index < -0.39 is 5.97 Å². The third-order valence-corrected chi connectivity index (χ3v) is 3.60. The normalized spacial score (nSPS) is 10.5. The summed E-state index contributed by atoms with van der Waals surface area (Å²) in [5, 5.41) is 9.48. The fourth-order valence-electron chi connectivity index (χ4n) is 1.42. The van der Waals surface area contributed by atoms with E-state index in [1.807, 2.05) is 24.3 Å². The lowest BCUT2D eigenvalue weighted by atomic mass is 10.2. The molecule has 94 valence electrons. The van der Waals surface area contributed by atoms with Gasteiger partial charge in [0, 0.05) is 9.90 Å². The maximum Gasteiger partial charge on any atom is 0.345 e. The maximum absolute atomic E-state index is 10.7. The summed E-state index contributed by atoms with van der Waals surface area (Å²) >= 11 is 7.01. The van der Waals surface area contributed by atoms with Gasteiger partial charge in [-0.15, -0.1) is 11.3 Å². The van der Waals surface area contributed by atoms with Crippen LogP contribution in [-0.2, 0) is 18.0 Å². The summed E-state index contributed by atoms with van der Waals surface area (Å²) in [7, 11) is 0. The molecule has 2 aromatic rings. The highest BCUT2D eigenvalue weighted by Gasteiger charge is 2.06. The Balaban J connectivity index is 1.84. The van der Waals surface area contributed by atoms with Gasteiger partial charge in [0.25, 0.3) is 0 Å². The van der Waals surface area contributed by atoms with Gasteiger partial charge in [0.1, 0.15) is 4.88 Å². The van der Waals surface area contributed by atoms with Gasteiger partial charge in [0.2, 0.25) is 0 Å². The van der Waals surface area contributed by atoms with Crippen LogP contribution in [0.25, 0.3) is 0 Å². The lowest BCUT2D eigenvalue weighted by molar-refractivity contribution is 0.0702. The smallest absolute Gasteiger partial charge is 0.345 e. The van der Waals surface area contributed by atoms with Crippen molar-refractivity contribution in [2.45, 2.75) is 13.2 Å². The van der Waals surface area contributed by atoms with Crippen molar-refractivity contribution in [3.63, 3.8) is 0 Å². The summed E-state index contributed by atoms with van der Waals surface area (Å²) in [6.45, 7) is 0.901. The molecule has 0 bridgehead atoms. The van der Waals surface area contributed by atoms with E-state index in [0.29, 0.717) is 23.1 Å². The second kappa shape index (κ2) is 6.00. The molecule has 1 aromatic heterocycles. The highest BCUT2D eigenvalue weighted by atomic mass is 35.5. The molecule has 0 aliphatic rings. The zero-order chi connectivity index (χ0) is 13.0. The van der Waals surface area contributed by atoms with E-state index in [0.717, 1.165) is 10.4 Å².